The van der Waals surface area contributed by atoms with Gasteiger partial charge in [-0.05, 0) is 36.2 Å². The summed E-state index contributed by atoms with van der Waals surface area (Å²) in [5, 5.41) is 19.5. The standard InChI is InChI=1S/C18H16N6OS/c1-22(10-13-5-3-4-12(8-13)9-19)11-15-20-21-18-23(2)17(25)16-14(24(15)18)6-7-26-16/h3-8H,10-11H2,1-2H3. The first-order chi connectivity index (χ1) is 12.6. The number of hydrogen-bond acceptors (Lipinski definition) is 6. The van der Waals surface area contributed by atoms with Crippen LogP contribution in [0, 0.1) is 11.3 Å². The Kier molecular flexibility index (Phi) is 4.03. The van der Waals surface area contributed by atoms with E-state index in [1.807, 2.05) is 41.1 Å². The summed E-state index contributed by atoms with van der Waals surface area (Å²) in [5.41, 5.74) is 2.50. The molecule has 0 unspecified atom stereocenters. The minimum absolute atomic E-state index is 0.0527. The number of aryl methyl sites for hydroxylation is 1. The molecule has 0 aliphatic rings. The monoisotopic (exact) mass is 364 g/mol. The quantitative estimate of drug-likeness (QED) is 0.554. The molecule has 0 aliphatic carbocycles. The first-order valence-electron chi connectivity index (χ1n) is 8.06. The lowest BCUT2D eigenvalue weighted by molar-refractivity contribution is 0.310. The number of nitriles is 1. The molecule has 0 atom stereocenters. The van der Waals surface area contributed by atoms with Crippen molar-refractivity contribution in [1.82, 2.24) is 24.1 Å². The second-order valence-electron chi connectivity index (χ2n) is 6.24. The zero-order valence-corrected chi connectivity index (χ0v) is 15.2. The van der Waals surface area contributed by atoms with Crippen LogP contribution in [0.4, 0.5) is 0 Å². The van der Waals surface area contributed by atoms with E-state index in [1.54, 1.807) is 13.1 Å². The van der Waals surface area contributed by atoms with Crippen molar-refractivity contribution in [2.24, 2.45) is 7.05 Å². The summed E-state index contributed by atoms with van der Waals surface area (Å²) >= 11 is 1.43. The van der Waals surface area contributed by atoms with Gasteiger partial charge >= 0.3 is 0 Å². The second kappa shape index (κ2) is 6.37. The number of aromatic nitrogens is 4. The first kappa shape index (κ1) is 16.4. The van der Waals surface area contributed by atoms with Crippen molar-refractivity contribution in [3.8, 4) is 6.07 Å². The van der Waals surface area contributed by atoms with Gasteiger partial charge in [-0.25, -0.2) is 0 Å². The molecule has 0 saturated heterocycles. The Morgan fingerprint density at radius 3 is 2.92 bits per heavy atom. The van der Waals surface area contributed by atoms with Gasteiger partial charge in [0, 0.05) is 13.6 Å². The highest BCUT2D eigenvalue weighted by Crippen LogP contribution is 2.20. The molecule has 26 heavy (non-hydrogen) atoms. The molecule has 0 aliphatic heterocycles. The average molecular weight is 364 g/mol. The fourth-order valence-electron chi connectivity index (χ4n) is 3.10. The summed E-state index contributed by atoms with van der Waals surface area (Å²) in [6, 6.07) is 11.7. The molecular weight excluding hydrogens is 348 g/mol. The van der Waals surface area contributed by atoms with Crippen molar-refractivity contribution in [3.05, 3.63) is 63.0 Å². The summed E-state index contributed by atoms with van der Waals surface area (Å²) in [7, 11) is 3.71. The SMILES string of the molecule is CN(Cc1cccc(C#N)c1)Cc1nnc2n(C)c(=O)c3sccc3n12. The predicted octanol–water partition coefficient (Wildman–Crippen LogP) is 2.15. The summed E-state index contributed by atoms with van der Waals surface area (Å²) in [4.78, 5) is 14.5. The van der Waals surface area contributed by atoms with Gasteiger partial charge in [-0.2, -0.15) is 5.26 Å². The van der Waals surface area contributed by atoms with Crippen LogP contribution < -0.4 is 5.56 Å². The third-order valence-corrected chi connectivity index (χ3v) is 5.21. The van der Waals surface area contributed by atoms with E-state index in [4.69, 9.17) is 5.26 Å². The largest absolute Gasteiger partial charge is 0.295 e. The molecule has 130 valence electrons. The summed E-state index contributed by atoms with van der Waals surface area (Å²) in [6.07, 6.45) is 0. The molecule has 0 spiro atoms. The molecule has 0 radical (unpaired) electrons. The first-order valence-corrected chi connectivity index (χ1v) is 8.94. The summed E-state index contributed by atoms with van der Waals surface area (Å²) < 4.78 is 4.17. The van der Waals surface area contributed by atoms with Crippen molar-refractivity contribution >= 4 is 27.3 Å². The van der Waals surface area contributed by atoms with Gasteiger partial charge in [0.15, 0.2) is 5.82 Å². The predicted molar refractivity (Wildman–Crippen MR) is 99.9 cm³/mol. The summed E-state index contributed by atoms with van der Waals surface area (Å²) in [5.74, 6) is 1.31. The Bertz CT molecular complexity index is 1210. The number of nitrogens with zero attached hydrogens (tertiary/aromatic N) is 6. The molecule has 8 heteroatoms. The van der Waals surface area contributed by atoms with Crippen LogP contribution in [0.3, 0.4) is 0 Å². The van der Waals surface area contributed by atoms with Gasteiger partial charge in [0.2, 0.25) is 5.78 Å². The zero-order chi connectivity index (χ0) is 18.3. The number of thiophene rings is 1. The van der Waals surface area contributed by atoms with E-state index < -0.39 is 0 Å². The van der Waals surface area contributed by atoms with E-state index in [1.165, 1.54) is 15.9 Å². The number of rotatable bonds is 4. The van der Waals surface area contributed by atoms with Crippen LogP contribution in [-0.2, 0) is 20.1 Å². The highest BCUT2D eigenvalue weighted by atomic mass is 32.1. The topological polar surface area (TPSA) is 79.2 Å². The third kappa shape index (κ3) is 2.67. The second-order valence-corrected chi connectivity index (χ2v) is 7.15. The van der Waals surface area contributed by atoms with Gasteiger partial charge in [0.25, 0.3) is 5.56 Å². The fraction of sp³-hybridized carbons (Fsp3) is 0.222. The molecule has 0 fully saturated rings. The van der Waals surface area contributed by atoms with Crippen molar-refractivity contribution in [2.45, 2.75) is 13.1 Å². The Morgan fingerprint density at radius 2 is 2.12 bits per heavy atom. The maximum atomic E-state index is 12.4. The maximum absolute atomic E-state index is 12.4. The van der Waals surface area contributed by atoms with E-state index in [0.717, 1.165) is 16.9 Å². The number of benzene rings is 1. The normalized spacial score (nSPS) is 11.5. The average Bonchev–Trinajstić information content (AvgIpc) is 3.26. The lowest BCUT2D eigenvalue weighted by atomic mass is 10.1. The fourth-order valence-corrected chi connectivity index (χ4v) is 3.95. The molecule has 4 aromatic rings. The minimum Gasteiger partial charge on any atom is -0.295 e. The van der Waals surface area contributed by atoms with Crippen molar-refractivity contribution in [2.75, 3.05) is 7.05 Å². The lowest BCUT2D eigenvalue weighted by Crippen LogP contribution is -2.21. The van der Waals surface area contributed by atoms with E-state index in [0.29, 0.717) is 29.1 Å². The van der Waals surface area contributed by atoms with Crippen molar-refractivity contribution in [1.29, 1.82) is 5.26 Å². The van der Waals surface area contributed by atoms with Crippen molar-refractivity contribution < 1.29 is 0 Å². The van der Waals surface area contributed by atoms with Gasteiger partial charge in [0.1, 0.15) is 4.70 Å². The van der Waals surface area contributed by atoms with E-state index in [2.05, 4.69) is 21.2 Å². The molecule has 0 amide bonds. The zero-order valence-electron chi connectivity index (χ0n) is 14.4. The molecule has 3 aromatic heterocycles. The molecule has 3 heterocycles. The van der Waals surface area contributed by atoms with Gasteiger partial charge in [-0.1, -0.05) is 12.1 Å². The maximum Gasteiger partial charge on any atom is 0.272 e. The van der Waals surface area contributed by atoms with Crippen LogP contribution in [0.5, 0.6) is 0 Å². The third-order valence-electron chi connectivity index (χ3n) is 4.32. The van der Waals surface area contributed by atoms with Crippen LogP contribution in [0.2, 0.25) is 0 Å². The molecule has 1 aromatic carbocycles. The number of fused-ring (bicyclic) bond motifs is 3. The Labute approximate surface area is 153 Å². The molecular formula is C18H16N6OS. The Balaban J connectivity index is 1.69. The smallest absolute Gasteiger partial charge is 0.272 e. The van der Waals surface area contributed by atoms with Crippen LogP contribution in [0.15, 0.2) is 40.5 Å². The van der Waals surface area contributed by atoms with E-state index >= 15 is 0 Å². The summed E-state index contributed by atoms with van der Waals surface area (Å²) in [6.45, 7) is 1.25. The van der Waals surface area contributed by atoms with Crippen molar-refractivity contribution in [3.63, 3.8) is 0 Å². The van der Waals surface area contributed by atoms with Gasteiger partial charge in [-0.3, -0.25) is 18.7 Å². The minimum atomic E-state index is -0.0527. The molecule has 0 bridgehead atoms. The van der Waals surface area contributed by atoms with Crippen LogP contribution in [-0.4, -0.2) is 31.1 Å². The van der Waals surface area contributed by atoms with Gasteiger partial charge in [0.05, 0.1) is 23.7 Å². The number of hydrogen-bond donors (Lipinski definition) is 0. The lowest BCUT2D eigenvalue weighted by Gasteiger charge is -2.16. The molecule has 7 nitrogen and oxygen atoms in total. The molecule has 0 N–H and O–H groups in total. The van der Waals surface area contributed by atoms with Crippen LogP contribution >= 0.6 is 11.3 Å². The van der Waals surface area contributed by atoms with Gasteiger partial charge < -0.3 is 0 Å². The van der Waals surface area contributed by atoms with Gasteiger partial charge in [-0.15, -0.1) is 21.5 Å². The van der Waals surface area contributed by atoms with E-state index in [-0.39, 0.29) is 5.56 Å². The molecule has 0 saturated carbocycles. The Morgan fingerprint density at radius 1 is 1.27 bits per heavy atom. The Hall–Kier alpha value is -3.02. The van der Waals surface area contributed by atoms with Crippen LogP contribution in [0.25, 0.3) is 16.0 Å². The molecule has 4 rings (SSSR count). The van der Waals surface area contributed by atoms with Crippen LogP contribution in [0.1, 0.15) is 17.0 Å². The van der Waals surface area contributed by atoms with E-state index in [9.17, 15) is 4.79 Å². The highest BCUT2D eigenvalue weighted by molar-refractivity contribution is 7.17. The highest BCUT2D eigenvalue weighted by Gasteiger charge is 2.16.